The molecule has 0 aliphatic carbocycles. The van der Waals surface area contributed by atoms with Gasteiger partial charge in [-0.15, -0.1) is 22.7 Å². The summed E-state index contributed by atoms with van der Waals surface area (Å²) in [5, 5.41) is 18.4. The lowest BCUT2D eigenvalue weighted by Gasteiger charge is -1.98. The first-order valence-corrected chi connectivity index (χ1v) is 48.8. The van der Waals surface area contributed by atoms with Gasteiger partial charge >= 0.3 is 0 Å². The maximum absolute atomic E-state index is 5.73. The van der Waals surface area contributed by atoms with Gasteiger partial charge in [-0.1, -0.05) is 457 Å². The van der Waals surface area contributed by atoms with E-state index < -0.39 is 0 Å². The molecule has 126 heavy (non-hydrogen) atoms. The molecule has 672 valence electrons. The Morgan fingerprint density at radius 1 is 0.175 bits per heavy atom. The lowest BCUT2D eigenvalue weighted by molar-refractivity contribution is 0.668. The standard InChI is InChI=1S/C14H13N.2C13H10O.2C13H10S.2C11H10.C7H8.13C2H6/c1-10-7-8-14-12(9-10)11-5-3-4-6-13(11)15(14)2;1-9-6-7-13-11(8-9)10-4-2-3-5-12(10)14-13;1-9-6-7-11-10-4-2-3-5-12(10)14-13(11)8-9;1-9-6-7-13-11(8-9)10-4-2-3-5-12(10)14-13;1-9-6-7-11-10-4-2-3-5-12(10)14-13(11)8-9;1-9-5-4-7-10-6-2-3-8-11(9)10;1-9-6-7-10-4-2-3-5-11(10)8-9;1-7-5-3-2-4-6-7;13*1-2/h3-9H,1-2H3;4*2-8H,1H3;2*2-8H,1H3;2-6H,1H3;13*1-2H3. The summed E-state index contributed by atoms with van der Waals surface area (Å²) in [7, 11) is 2.12. The third-order valence-electron chi connectivity index (χ3n) is 18.1. The summed E-state index contributed by atoms with van der Waals surface area (Å²) in [6.45, 7) is 68.9. The Morgan fingerprint density at radius 2 is 0.500 bits per heavy atom. The van der Waals surface area contributed by atoms with Gasteiger partial charge in [0.2, 0.25) is 0 Å². The molecule has 20 aromatic rings. The van der Waals surface area contributed by atoms with Crippen molar-refractivity contribution in [3.63, 3.8) is 0 Å². The van der Waals surface area contributed by atoms with Crippen molar-refractivity contribution in [2.45, 2.75) is 235 Å². The van der Waals surface area contributed by atoms with E-state index in [1.54, 1.807) is 0 Å². The first-order valence-electron chi connectivity index (χ1n) is 47.2. The number of hydrogen-bond donors (Lipinski definition) is 0. The quantitative estimate of drug-likeness (QED) is 0.152. The van der Waals surface area contributed by atoms with Crippen molar-refractivity contribution in [1.82, 2.24) is 4.57 Å². The van der Waals surface area contributed by atoms with Crippen molar-refractivity contribution < 1.29 is 8.83 Å². The zero-order valence-corrected chi connectivity index (χ0v) is 85.9. The Balaban J connectivity index is 0.00000137. The van der Waals surface area contributed by atoms with Gasteiger partial charge in [-0.05, 0) is 172 Å². The van der Waals surface area contributed by atoms with Gasteiger partial charge in [-0.25, -0.2) is 0 Å². The Morgan fingerprint density at radius 3 is 1.04 bits per heavy atom. The zero-order chi connectivity index (χ0) is 95.1. The molecule has 3 nitrogen and oxygen atoms in total. The van der Waals surface area contributed by atoms with E-state index in [1.807, 2.05) is 263 Å². The lowest BCUT2D eigenvalue weighted by Crippen LogP contribution is -1.85. The third-order valence-corrected chi connectivity index (χ3v) is 20.3. The van der Waals surface area contributed by atoms with Crippen molar-refractivity contribution in [3.05, 3.63) is 372 Å². The Labute approximate surface area is 772 Å². The summed E-state index contributed by atoms with van der Waals surface area (Å²) in [6.07, 6.45) is 0. The molecule has 0 aliphatic rings. The van der Waals surface area contributed by atoms with E-state index in [9.17, 15) is 0 Å². The molecule has 5 heterocycles. The molecule has 20 rings (SSSR count). The molecule has 0 spiro atoms. The fourth-order valence-corrected chi connectivity index (χ4v) is 15.1. The summed E-state index contributed by atoms with van der Waals surface area (Å²) >= 11 is 3.75. The first kappa shape index (κ1) is 115. The first-order chi connectivity index (χ1) is 61.8. The smallest absolute Gasteiger partial charge is 0.135 e. The molecule has 0 bridgehead atoms. The van der Waals surface area contributed by atoms with E-state index in [0.29, 0.717) is 0 Å². The fourth-order valence-electron chi connectivity index (χ4n) is 12.9. The van der Waals surface area contributed by atoms with E-state index in [-0.39, 0.29) is 0 Å². The van der Waals surface area contributed by atoms with Crippen molar-refractivity contribution >= 4 is 150 Å². The highest BCUT2D eigenvalue weighted by Gasteiger charge is 2.10. The van der Waals surface area contributed by atoms with Crippen molar-refractivity contribution in [2.24, 2.45) is 7.05 Å². The van der Waals surface area contributed by atoms with Gasteiger partial charge in [0.25, 0.3) is 0 Å². The third kappa shape index (κ3) is 34.5. The molecule has 15 aromatic carbocycles. The van der Waals surface area contributed by atoms with Crippen LogP contribution in [0.4, 0.5) is 0 Å². The molecule has 0 saturated heterocycles. The minimum Gasteiger partial charge on any atom is -0.456 e. The number of aromatic nitrogens is 1. The van der Waals surface area contributed by atoms with Crippen LogP contribution in [0.25, 0.3) is 128 Å². The molecular formula is C121H159NO2S2. The highest BCUT2D eigenvalue weighted by atomic mass is 32.1. The zero-order valence-electron chi connectivity index (χ0n) is 84.3. The van der Waals surface area contributed by atoms with E-state index in [1.165, 1.54) is 150 Å². The number of fused-ring (bicyclic) bond motifs is 17. The Kier molecular flexibility index (Phi) is 61.9. The normalized spacial score (nSPS) is 9.23. The lowest BCUT2D eigenvalue weighted by atomic mass is 10.1. The number of para-hydroxylation sites is 3. The molecule has 0 atom stereocenters. The molecule has 5 heteroatoms. The Hall–Kier alpha value is -11.3. The summed E-state index contributed by atoms with van der Waals surface area (Å²) < 4.78 is 19.2. The SMILES string of the molecule is CC.CC.CC.CC.CC.CC.CC.CC.CC.CC.CC.CC.CC.Cc1ccc2c(c1)c1ccccc1n2C.Cc1ccc2c(c1)oc1ccccc12.Cc1ccc2c(c1)sc1ccccc12.Cc1ccc2ccccc2c1.Cc1ccc2oc3ccccc3c2c1.Cc1ccc2sc3ccccc3c2c1.Cc1cccc2ccccc12.Cc1ccccc1. The average molecular weight is 1720 g/mol. The van der Waals surface area contributed by atoms with E-state index >= 15 is 0 Å². The summed E-state index contributed by atoms with van der Waals surface area (Å²) in [6, 6.07) is 115. The van der Waals surface area contributed by atoms with Crippen LogP contribution in [0.2, 0.25) is 0 Å². The number of benzene rings is 15. The predicted molar refractivity (Wildman–Crippen MR) is 586 cm³/mol. The van der Waals surface area contributed by atoms with E-state index in [0.717, 1.165) is 22.3 Å². The summed E-state index contributed by atoms with van der Waals surface area (Å²) in [5.74, 6) is 0. The Bertz CT molecular complexity index is 5930. The molecule has 0 N–H and O–H groups in total. The van der Waals surface area contributed by atoms with Gasteiger partial charge < -0.3 is 13.4 Å². The molecule has 0 unspecified atom stereocenters. The minimum atomic E-state index is 0.966. The molecule has 0 fully saturated rings. The second-order valence-electron chi connectivity index (χ2n) is 25.8. The van der Waals surface area contributed by atoms with Crippen LogP contribution in [0.1, 0.15) is 225 Å². The maximum Gasteiger partial charge on any atom is 0.135 e. The average Bonchev–Trinajstić information content (AvgIpc) is 1.61. The summed E-state index contributed by atoms with van der Waals surface area (Å²) in [5.41, 5.74) is 17.0. The monoisotopic (exact) mass is 1720 g/mol. The maximum atomic E-state index is 5.73. The highest BCUT2D eigenvalue weighted by Crippen LogP contribution is 2.37. The topological polar surface area (TPSA) is 31.2 Å². The van der Waals surface area contributed by atoms with E-state index in [2.05, 4.69) is 334 Å². The second-order valence-corrected chi connectivity index (χ2v) is 28.0. The van der Waals surface area contributed by atoms with Crippen LogP contribution in [0.15, 0.2) is 336 Å². The largest absolute Gasteiger partial charge is 0.456 e. The van der Waals surface area contributed by atoms with Crippen LogP contribution in [-0.4, -0.2) is 4.57 Å². The van der Waals surface area contributed by atoms with Crippen LogP contribution in [0.3, 0.4) is 0 Å². The number of rotatable bonds is 0. The molecule has 0 radical (unpaired) electrons. The van der Waals surface area contributed by atoms with Crippen LogP contribution in [-0.2, 0) is 7.05 Å². The molecular weight excluding hydrogens is 1560 g/mol. The van der Waals surface area contributed by atoms with Crippen molar-refractivity contribution in [1.29, 1.82) is 0 Å². The second kappa shape index (κ2) is 68.0. The van der Waals surface area contributed by atoms with Gasteiger partial charge in [0, 0.05) is 90.7 Å². The number of hydrogen-bond acceptors (Lipinski definition) is 4. The highest BCUT2D eigenvalue weighted by molar-refractivity contribution is 7.26. The predicted octanol–water partition coefficient (Wildman–Crippen LogP) is 41.8. The van der Waals surface area contributed by atoms with Gasteiger partial charge in [0.05, 0.1) is 0 Å². The van der Waals surface area contributed by atoms with Crippen LogP contribution in [0.5, 0.6) is 0 Å². The number of nitrogens with zero attached hydrogens (tertiary/aromatic N) is 1. The summed E-state index contributed by atoms with van der Waals surface area (Å²) in [4.78, 5) is 0. The number of furan rings is 2. The van der Waals surface area contributed by atoms with Gasteiger partial charge in [0.15, 0.2) is 0 Å². The molecule has 0 saturated carbocycles. The van der Waals surface area contributed by atoms with Crippen LogP contribution >= 0.6 is 22.7 Å². The molecule has 0 aliphatic heterocycles. The van der Waals surface area contributed by atoms with Gasteiger partial charge in [0.1, 0.15) is 22.3 Å². The number of aryl methyl sites for hydroxylation is 9. The van der Waals surface area contributed by atoms with Crippen molar-refractivity contribution in [3.8, 4) is 0 Å². The van der Waals surface area contributed by atoms with Gasteiger partial charge in [-0.2, -0.15) is 0 Å². The van der Waals surface area contributed by atoms with Crippen molar-refractivity contribution in [2.75, 3.05) is 0 Å². The minimum absolute atomic E-state index is 0.966. The number of thiophene rings is 2. The molecule has 5 aromatic heterocycles. The van der Waals surface area contributed by atoms with Gasteiger partial charge in [-0.3, -0.25) is 0 Å². The molecule has 0 amide bonds. The fraction of sp³-hybridized carbons (Fsp3) is 0.289. The van der Waals surface area contributed by atoms with Crippen LogP contribution < -0.4 is 0 Å². The van der Waals surface area contributed by atoms with Crippen LogP contribution in [0, 0.1) is 55.4 Å². The van der Waals surface area contributed by atoms with E-state index in [4.69, 9.17) is 8.83 Å².